The van der Waals surface area contributed by atoms with Gasteiger partial charge in [-0.25, -0.2) is 0 Å². The zero-order chi connectivity index (χ0) is 6.85. The molecule has 0 aliphatic carbocycles. The minimum absolute atomic E-state index is 0.676. The molecule has 1 aliphatic heterocycles. The molecule has 1 rings (SSSR count). The number of rotatable bonds is 0. The number of hydrogen-bond acceptors (Lipinski definition) is 2. The van der Waals surface area contributed by atoms with E-state index in [0.29, 0.717) is 5.04 Å². The van der Waals surface area contributed by atoms with Gasteiger partial charge in [-0.3, -0.25) is 5.41 Å². The van der Waals surface area contributed by atoms with Gasteiger partial charge in [0.1, 0.15) is 0 Å². The molecule has 0 bridgehead atoms. The van der Waals surface area contributed by atoms with Crippen molar-refractivity contribution in [3.63, 3.8) is 0 Å². The van der Waals surface area contributed by atoms with E-state index in [0.717, 1.165) is 5.57 Å². The maximum Gasteiger partial charge on any atom is 0.0984 e. The highest BCUT2D eigenvalue weighted by molar-refractivity contribution is 8.17. The van der Waals surface area contributed by atoms with Gasteiger partial charge in [-0.2, -0.15) is 0 Å². The van der Waals surface area contributed by atoms with Gasteiger partial charge in [0.25, 0.3) is 0 Å². The molecule has 1 N–H and O–H groups in total. The van der Waals surface area contributed by atoms with E-state index in [4.69, 9.17) is 5.41 Å². The van der Waals surface area contributed by atoms with Crippen molar-refractivity contribution in [1.82, 2.24) is 0 Å². The van der Waals surface area contributed by atoms with Crippen LogP contribution in [0.5, 0.6) is 0 Å². The second kappa shape index (κ2) is 2.40. The highest BCUT2D eigenvalue weighted by Crippen LogP contribution is 2.28. The molecule has 0 aromatic rings. The Hall–Kier alpha value is -0.500. The van der Waals surface area contributed by atoms with Crippen LogP contribution in [0.4, 0.5) is 0 Å². The monoisotopic (exact) mass is 139 g/mol. The molecule has 1 aliphatic rings. The number of thioether (sulfide) groups is 1. The molecule has 1 heterocycles. The van der Waals surface area contributed by atoms with E-state index in [-0.39, 0.29) is 0 Å². The molecule has 0 unspecified atom stereocenters. The number of hydrogen-bond donors (Lipinski definition) is 1. The van der Waals surface area contributed by atoms with Gasteiger partial charge in [-0.1, -0.05) is 17.8 Å². The first kappa shape index (κ1) is 6.62. The summed E-state index contributed by atoms with van der Waals surface area (Å²) in [6.45, 7) is 4.00. The van der Waals surface area contributed by atoms with Crippen LogP contribution in [0.2, 0.25) is 0 Å². The van der Waals surface area contributed by atoms with Crippen molar-refractivity contribution in [1.29, 1.82) is 5.41 Å². The van der Waals surface area contributed by atoms with Crippen LogP contribution in [0.25, 0.3) is 0 Å². The Morgan fingerprint density at radius 2 is 2.33 bits per heavy atom. The molecular weight excluding hydrogens is 130 g/mol. The SMILES string of the molecule is C/C=C1\C(=N)SC=C1C. The number of nitrogens with one attached hydrogen (secondary N) is 1. The molecule has 0 aromatic carbocycles. The molecule has 0 amide bonds. The lowest BCUT2D eigenvalue weighted by molar-refractivity contribution is 1.44. The zero-order valence-electron chi connectivity index (χ0n) is 5.56. The fourth-order valence-electron chi connectivity index (χ4n) is 0.812. The highest BCUT2D eigenvalue weighted by atomic mass is 32.2. The largest absolute Gasteiger partial charge is 0.293 e. The smallest absolute Gasteiger partial charge is 0.0984 e. The van der Waals surface area contributed by atoms with Crippen molar-refractivity contribution >= 4 is 16.8 Å². The number of allylic oxidation sites excluding steroid dienone is 2. The normalized spacial score (nSPS) is 23.1. The summed E-state index contributed by atoms with van der Waals surface area (Å²) in [6, 6.07) is 0. The average Bonchev–Trinajstić information content (AvgIpc) is 2.12. The summed E-state index contributed by atoms with van der Waals surface area (Å²) < 4.78 is 0. The molecule has 0 aromatic heterocycles. The van der Waals surface area contributed by atoms with Crippen molar-refractivity contribution in [3.8, 4) is 0 Å². The fourth-order valence-corrected chi connectivity index (χ4v) is 1.64. The summed E-state index contributed by atoms with van der Waals surface area (Å²) >= 11 is 1.49. The lowest BCUT2D eigenvalue weighted by atomic mass is 10.1. The molecule has 1 nitrogen and oxygen atoms in total. The first-order valence-corrected chi connectivity index (χ1v) is 3.72. The molecule has 0 spiro atoms. The van der Waals surface area contributed by atoms with Crippen LogP contribution in [-0.4, -0.2) is 5.04 Å². The summed E-state index contributed by atoms with van der Waals surface area (Å²) in [5.74, 6) is 0. The van der Waals surface area contributed by atoms with Gasteiger partial charge >= 0.3 is 0 Å². The third-order valence-corrected chi connectivity index (χ3v) is 2.24. The Bertz CT molecular complexity index is 201. The Morgan fingerprint density at radius 3 is 2.56 bits per heavy atom. The van der Waals surface area contributed by atoms with E-state index in [1.807, 2.05) is 25.3 Å². The van der Waals surface area contributed by atoms with Crippen molar-refractivity contribution in [2.45, 2.75) is 13.8 Å². The predicted molar refractivity (Wildman–Crippen MR) is 42.8 cm³/mol. The lowest BCUT2D eigenvalue weighted by Gasteiger charge is -1.94. The highest BCUT2D eigenvalue weighted by Gasteiger charge is 2.11. The summed E-state index contributed by atoms with van der Waals surface area (Å²) in [6.07, 6.45) is 1.98. The van der Waals surface area contributed by atoms with E-state index in [9.17, 15) is 0 Å². The average molecular weight is 139 g/mol. The van der Waals surface area contributed by atoms with Crippen LogP contribution >= 0.6 is 11.8 Å². The second-order valence-electron chi connectivity index (χ2n) is 1.95. The first-order valence-electron chi connectivity index (χ1n) is 2.84. The molecule has 0 fully saturated rings. The lowest BCUT2D eigenvalue weighted by Crippen LogP contribution is -1.88. The van der Waals surface area contributed by atoms with Crippen LogP contribution in [0.15, 0.2) is 22.6 Å². The van der Waals surface area contributed by atoms with Crippen molar-refractivity contribution in [2.24, 2.45) is 0 Å². The Balaban J connectivity index is 2.93. The fraction of sp³-hybridized carbons (Fsp3) is 0.286. The van der Waals surface area contributed by atoms with Crippen LogP contribution in [-0.2, 0) is 0 Å². The van der Waals surface area contributed by atoms with Gasteiger partial charge in [-0.05, 0) is 24.8 Å². The Kier molecular flexibility index (Phi) is 1.76. The van der Waals surface area contributed by atoms with Crippen LogP contribution < -0.4 is 0 Å². The standard InChI is InChI=1S/C7H9NS/c1-3-6-5(2)4-9-7(6)8/h3-4,8H,1-2H3/b6-3-,8-7?. The summed E-state index contributed by atoms with van der Waals surface area (Å²) in [5, 5.41) is 10.1. The predicted octanol–water partition coefficient (Wildman–Crippen LogP) is 2.56. The Morgan fingerprint density at radius 1 is 1.67 bits per heavy atom. The van der Waals surface area contributed by atoms with E-state index >= 15 is 0 Å². The molecule has 0 saturated carbocycles. The molecule has 0 saturated heterocycles. The van der Waals surface area contributed by atoms with Crippen LogP contribution in [0, 0.1) is 5.41 Å². The third-order valence-electron chi connectivity index (χ3n) is 1.31. The molecule has 48 valence electrons. The maximum absolute atomic E-state index is 7.38. The zero-order valence-corrected chi connectivity index (χ0v) is 6.38. The molecule has 9 heavy (non-hydrogen) atoms. The van der Waals surface area contributed by atoms with Gasteiger partial charge in [0.05, 0.1) is 5.04 Å². The molecule has 0 radical (unpaired) electrons. The van der Waals surface area contributed by atoms with E-state index in [1.165, 1.54) is 17.3 Å². The summed E-state index contributed by atoms with van der Waals surface area (Å²) in [4.78, 5) is 0. The molecule has 0 atom stereocenters. The van der Waals surface area contributed by atoms with Gasteiger partial charge in [-0.15, -0.1) is 0 Å². The van der Waals surface area contributed by atoms with E-state index in [1.54, 1.807) is 0 Å². The van der Waals surface area contributed by atoms with Gasteiger partial charge in [0, 0.05) is 5.57 Å². The van der Waals surface area contributed by atoms with Gasteiger partial charge in [0.15, 0.2) is 0 Å². The third kappa shape index (κ3) is 1.08. The van der Waals surface area contributed by atoms with E-state index < -0.39 is 0 Å². The van der Waals surface area contributed by atoms with Gasteiger partial charge in [0.2, 0.25) is 0 Å². The molecular formula is C7H9NS. The van der Waals surface area contributed by atoms with Crippen molar-refractivity contribution in [2.75, 3.05) is 0 Å². The van der Waals surface area contributed by atoms with Crippen LogP contribution in [0.3, 0.4) is 0 Å². The Labute approximate surface area is 59.4 Å². The van der Waals surface area contributed by atoms with Gasteiger partial charge < -0.3 is 0 Å². The van der Waals surface area contributed by atoms with E-state index in [2.05, 4.69) is 0 Å². The summed E-state index contributed by atoms with van der Waals surface area (Å²) in [5.41, 5.74) is 2.30. The van der Waals surface area contributed by atoms with Crippen LogP contribution in [0.1, 0.15) is 13.8 Å². The second-order valence-corrected chi connectivity index (χ2v) is 2.83. The first-order chi connectivity index (χ1) is 4.25. The minimum atomic E-state index is 0.676. The maximum atomic E-state index is 7.38. The van der Waals surface area contributed by atoms with Crippen molar-refractivity contribution in [3.05, 3.63) is 22.6 Å². The topological polar surface area (TPSA) is 23.9 Å². The summed E-state index contributed by atoms with van der Waals surface area (Å²) in [7, 11) is 0. The quantitative estimate of drug-likeness (QED) is 0.548. The van der Waals surface area contributed by atoms with Crippen molar-refractivity contribution < 1.29 is 0 Å². The minimum Gasteiger partial charge on any atom is -0.293 e. The molecule has 2 heteroatoms.